The summed E-state index contributed by atoms with van der Waals surface area (Å²) in [6, 6.07) is 0. The van der Waals surface area contributed by atoms with Crippen molar-refractivity contribution in [2.24, 2.45) is 34.5 Å². The van der Waals surface area contributed by atoms with E-state index in [-0.39, 0.29) is 24.9 Å². The molecule has 0 aromatic carbocycles. The van der Waals surface area contributed by atoms with Crippen molar-refractivity contribution >= 4 is 11.9 Å². The lowest BCUT2D eigenvalue weighted by Gasteiger charge is -2.60. The summed E-state index contributed by atoms with van der Waals surface area (Å²) in [5, 5.41) is 8.77. The van der Waals surface area contributed by atoms with Gasteiger partial charge in [-0.25, -0.2) is 0 Å². The number of rotatable bonds is 4. The van der Waals surface area contributed by atoms with Crippen LogP contribution in [-0.4, -0.2) is 23.1 Å². The minimum Gasteiger partial charge on any atom is -0.481 e. The number of carbonyl (C=O) groups excluding carboxylic acids is 1. The molecular formula is C25H38O4. The lowest BCUT2D eigenvalue weighted by atomic mass is 9.45. The second-order valence-corrected chi connectivity index (χ2v) is 10.7. The monoisotopic (exact) mass is 402 g/mol. The molecule has 0 aliphatic heterocycles. The van der Waals surface area contributed by atoms with Gasteiger partial charge in [-0.2, -0.15) is 0 Å². The van der Waals surface area contributed by atoms with Gasteiger partial charge in [0, 0.05) is 0 Å². The molecule has 4 saturated carbocycles. The maximum absolute atomic E-state index is 12.0. The number of hydrogen-bond donors (Lipinski definition) is 1. The Hall–Kier alpha value is -1.32. The minimum atomic E-state index is -0.936. The van der Waals surface area contributed by atoms with Gasteiger partial charge in [0.25, 0.3) is 0 Å². The molecule has 4 rings (SSSR count). The molecule has 4 aliphatic rings. The summed E-state index contributed by atoms with van der Waals surface area (Å²) in [5.74, 6) is 1.90. The van der Waals surface area contributed by atoms with Crippen molar-refractivity contribution in [2.75, 3.05) is 0 Å². The molecule has 0 aromatic heterocycles. The third-order valence-electron chi connectivity index (χ3n) is 9.66. The number of hydrogen-bond acceptors (Lipinski definition) is 3. The zero-order valence-corrected chi connectivity index (χ0v) is 18.4. The van der Waals surface area contributed by atoms with Crippen LogP contribution in [0.4, 0.5) is 0 Å². The van der Waals surface area contributed by atoms with E-state index in [0.29, 0.717) is 16.7 Å². The fourth-order valence-corrected chi connectivity index (χ4v) is 8.10. The standard InChI is InChI=1S/C25H38O4/c1-4-16-6-8-20-19-7-5-17-15-18(29-23(28)10-9-22(26)27)11-13-25(17,3)21(19)12-14-24(16,20)2/h4,17-21H,5-15H2,1-3H3,(H,26,27)/b16-4-/t17-,18-,19+,20+,21+,24-,25+/m1/s1. The molecular weight excluding hydrogens is 364 g/mol. The first-order valence-electron chi connectivity index (χ1n) is 11.8. The van der Waals surface area contributed by atoms with Crippen LogP contribution < -0.4 is 0 Å². The molecule has 0 saturated heterocycles. The first-order valence-corrected chi connectivity index (χ1v) is 11.8. The Kier molecular flexibility index (Phi) is 5.59. The third kappa shape index (κ3) is 3.55. The summed E-state index contributed by atoms with van der Waals surface area (Å²) < 4.78 is 5.68. The second-order valence-electron chi connectivity index (χ2n) is 10.7. The van der Waals surface area contributed by atoms with E-state index in [4.69, 9.17) is 9.84 Å². The van der Waals surface area contributed by atoms with Crippen molar-refractivity contribution in [3.8, 4) is 0 Å². The first kappa shape index (κ1) is 20.9. The van der Waals surface area contributed by atoms with Gasteiger partial charge in [0.2, 0.25) is 0 Å². The van der Waals surface area contributed by atoms with Crippen molar-refractivity contribution in [3.05, 3.63) is 11.6 Å². The van der Waals surface area contributed by atoms with E-state index in [0.717, 1.165) is 37.0 Å². The van der Waals surface area contributed by atoms with Crippen molar-refractivity contribution in [2.45, 2.75) is 97.5 Å². The number of ether oxygens (including phenoxy) is 1. The number of esters is 1. The van der Waals surface area contributed by atoms with Crippen LogP contribution in [0.15, 0.2) is 11.6 Å². The molecule has 1 N–H and O–H groups in total. The Morgan fingerprint density at radius 3 is 2.59 bits per heavy atom. The van der Waals surface area contributed by atoms with Crippen LogP contribution >= 0.6 is 0 Å². The fraction of sp³-hybridized carbons (Fsp3) is 0.840. The summed E-state index contributed by atoms with van der Waals surface area (Å²) in [4.78, 5) is 22.7. The molecule has 0 unspecified atom stereocenters. The van der Waals surface area contributed by atoms with Gasteiger partial charge < -0.3 is 9.84 Å². The molecule has 0 aromatic rings. The van der Waals surface area contributed by atoms with Crippen LogP contribution in [0, 0.1) is 34.5 Å². The Balaban J connectivity index is 1.42. The lowest BCUT2D eigenvalue weighted by Crippen LogP contribution is -2.53. The third-order valence-corrected chi connectivity index (χ3v) is 9.66. The van der Waals surface area contributed by atoms with Crippen molar-refractivity contribution < 1.29 is 19.4 Å². The van der Waals surface area contributed by atoms with Crippen LogP contribution in [0.5, 0.6) is 0 Å². The average Bonchev–Trinajstić information content (AvgIpc) is 3.03. The van der Waals surface area contributed by atoms with E-state index in [1.165, 1.54) is 38.5 Å². The van der Waals surface area contributed by atoms with Crippen LogP contribution in [0.25, 0.3) is 0 Å². The smallest absolute Gasteiger partial charge is 0.306 e. The topological polar surface area (TPSA) is 63.6 Å². The number of fused-ring (bicyclic) bond motifs is 5. The number of aliphatic carboxylic acids is 1. The van der Waals surface area contributed by atoms with E-state index in [2.05, 4.69) is 26.8 Å². The van der Waals surface area contributed by atoms with Crippen LogP contribution in [0.1, 0.15) is 91.4 Å². The molecule has 4 heteroatoms. The van der Waals surface area contributed by atoms with E-state index < -0.39 is 5.97 Å². The van der Waals surface area contributed by atoms with Gasteiger partial charge in [0.1, 0.15) is 6.10 Å². The van der Waals surface area contributed by atoms with Gasteiger partial charge >= 0.3 is 11.9 Å². The van der Waals surface area contributed by atoms with Crippen LogP contribution in [0.2, 0.25) is 0 Å². The number of carboxylic acid groups (broad SMARTS) is 1. The highest BCUT2D eigenvalue weighted by atomic mass is 16.5. The van der Waals surface area contributed by atoms with Crippen LogP contribution in [0.3, 0.4) is 0 Å². The largest absolute Gasteiger partial charge is 0.481 e. The molecule has 4 nitrogen and oxygen atoms in total. The fourth-order valence-electron chi connectivity index (χ4n) is 8.10. The summed E-state index contributed by atoms with van der Waals surface area (Å²) in [6.07, 6.45) is 13.3. The molecule has 0 amide bonds. The number of carboxylic acids is 1. The van der Waals surface area contributed by atoms with Gasteiger partial charge in [-0.3, -0.25) is 9.59 Å². The molecule has 4 aliphatic carbocycles. The van der Waals surface area contributed by atoms with E-state index in [1.807, 2.05) is 0 Å². The molecule has 0 radical (unpaired) electrons. The lowest BCUT2D eigenvalue weighted by molar-refractivity contribution is -0.162. The van der Waals surface area contributed by atoms with E-state index in [9.17, 15) is 9.59 Å². The second kappa shape index (κ2) is 7.74. The van der Waals surface area contributed by atoms with Crippen molar-refractivity contribution in [1.82, 2.24) is 0 Å². The number of carbonyl (C=O) groups is 2. The van der Waals surface area contributed by atoms with E-state index >= 15 is 0 Å². The Morgan fingerprint density at radius 2 is 1.86 bits per heavy atom. The molecule has 4 fully saturated rings. The normalized spacial score (nSPS) is 45.2. The molecule has 162 valence electrons. The molecule has 29 heavy (non-hydrogen) atoms. The zero-order chi connectivity index (χ0) is 20.8. The first-order chi connectivity index (χ1) is 13.8. The van der Waals surface area contributed by atoms with Crippen LogP contribution in [-0.2, 0) is 14.3 Å². The maximum atomic E-state index is 12.0. The zero-order valence-electron chi connectivity index (χ0n) is 18.4. The van der Waals surface area contributed by atoms with Gasteiger partial charge in [-0.1, -0.05) is 25.5 Å². The SMILES string of the molecule is C/C=C1/CC[C@H]2[C@@H]3CC[C@@H]4C[C@H](OC(=O)CCC(=O)O)CC[C@]4(C)[C@H]3CC[C@]12C. The summed E-state index contributed by atoms with van der Waals surface area (Å²) >= 11 is 0. The maximum Gasteiger partial charge on any atom is 0.306 e. The molecule has 7 atom stereocenters. The van der Waals surface area contributed by atoms with Gasteiger partial charge in [-0.15, -0.1) is 0 Å². The highest BCUT2D eigenvalue weighted by Crippen LogP contribution is 2.67. The average molecular weight is 403 g/mol. The van der Waals surface area contributed by atoms with Crippen molar-refractivity contribution in [3.63, 3.8) is 0 Å². The predicted octanol–water partition coefficient (Wildman–Crippen LogP) is 5.75. The van der Waals surface area contributed by atoms with Gasteiger partial charge in [0.05, 0.1) is 12.8 Å². The highest BCUT2D eigenvalue weighted by Gasteiger charge is 2.59. The molecule has 0 bridgehead atoms. The van der Waals surface area contributed by atoms with Gasteiger partial charge in [-0.05, 0) is 99.2 Å². The summed E-state index contributed by atoms with van der Waals surface area (Å²) in [7, 11) is 0. The molecule has 0 heterocycles. The Morgan fingerprint density at radius 1 is 1.07 bits per heavy atom. The predicted molar refractivity (Wildman–Crippen MR) is 112 cm³/mol. The number of allylic oxidation sites excluding steroid dienone is 2. The van der Waals surface area contributed by atoms with E-state index in [1.54, 1.807) is 5.57 Å². The quantitative estimate of drug-likeness (QED) is 0.480. The Bertz CT molecular complexity index is 697. The van der Waals surface area contributed by atoms with Gasteiger partial charge in [0.15, 0.2) is 0 Å². The van der Waals surface area contributed by atoms with Crippen molar-refractivity contribution in [1.29, 1.82) is 0 Å². The highest BCUT2D eigenvalue weighted by molar-refractivity contribution is 5.76. The summed E-state index contributed by atoms with van der Waals surface area (Å²) in [6.45, 7) is 7.30. The molecule has 0 spiro atoms. The minimum absolute atomic E-state index is 0.00793. The Labute approximate surface area is 175 Å². The summed E-state index contributed by atoms with van der Waals surface area (Å²) in [5.41, 5.74) is 2.54.